The molecule has 3 heterocycles. The summed E-state index contributed by atoms with van der Waals surface area (Å²) in [5.41, 5.74) is 0.981. The highest BCUT2D eigenvalue weighted by Crippen LogP contribution is 2.17. The first kappa shape index (κ1) is 14.5. The molecule has 0 spiro atoms. The molecule has 1 amide bonds. The van der Waals surface area contributed by atoms with Crippen molar-refractivity contribution in [2.24, 2.45) is 5.92 Å². The molecule has 2 unspecified atom stereocenters. The Labute approximate surface area is 125 Å². The number of hydrogen-bond donors (Lipinski definition) is 2. The zero-order valence-electron chi connectivity index (χ0n) is 12.4. The lowest BCUT2D eigenvalue weighted by atomic mass is 9.97. The Bertz CT molecular complexity index is 443. The van der Waals surface area contributed by atoms with Crippen molar-refractivity contribution in [1.29, 1.82) is 0 Å². The van der Waals surface area contributed by atoms with E-state index in [4.69, 9.17) is 4.42 Å². The van der Waals surface area contributed by atoms with Gasteiger partial charge in [-0.1, -0.05) is 0 Å². The van der Waals surface area contributed by atoms with Gasteiger partial charge in [-0.05, 0) is 44.7 Å². The maximum Gasteiger partial charge on any atom is 0.237 e. The molecule has 0 aromatic carbocycles. The summed E-state index contributed by atoms with van der Waals surface area (Å²) in [6, 6.07) is 0.0276. The molecule has 2 aliphatic heterocycles. The molecule has 2 fully saturated rings. The fraction of sp³-hybridized carbons (Fsp3) is 0.733. The third-order valence-corrected chi connectivity index (χ3v) is 4.41. The molecule has 21 heavy (non-hydrogen) atoms. The van der Waals surface area contributed by atoms with Crippen LogP contribution < -0.4 is 10.6 Å². The summed E-state index contributed by atoms with van der Waals surface area (Å²) in [5.74, 6) is 0.706. The number of oxazole rings is 1. The molecule has 0 bridgehead atoms. The number of aromatic nitrogens is 1. The minimum atomic E-state index is 0.0276. The molecule has 2 N–H and O–H groups in total. The first-order valence-electron chi connectivity index (χ1n) is 7.92. The predicted molar refractivity (Wildman–Crippen MR) is 78.5 cm³/mol. The third kappa shape index (κ3) is 4.04. The highest BCUT2D eigenvalue weighted by Gasteiger charge is 2.24. The van der Waals surface area contributed by atoms with E-state index in [2.05, 4.69) is 20.5 Å². The number of nitrogens with one attached hydrogen (secondary N) is 2. The van der Waals surface area contributed by atoms with E-state index >= 15 is 0 Å². The SMILES string of the molecule is O=C(NCC1CCCN(Cc2cocn2)C1)C1CCCN1. The maximum absolute atomic E-state index is 12.0. The summed E-state index contributed by atoms with van der Waals surface area (Å²) in [4.78, 5) is 18.6. The summed E-state index contributed by atoms with van der Waals surface area (Å²) in [5, 5.41) is 6.35. The van der Waals surface area contributed by atoms with E-state index in [9.17, 15) is 4.79 Å². The Morgan fingerprint density at radius 1 is 1.48 bits per heavy atom. The molecule has 116 valence electrons. The van der Waals surface area contributed by atoms with E-state index in [1.54, 1.807) is 6.26 Å². The molecule has 1 aromatic heterocycles. The molecular formula is C15H24N4O2. The van der Waals surface area contributed by atoms with Crippen molar-refractivity contribution in [3.63, 3.8) is 0 Å². The molecule has 3 rings (SSSR count). The second kappa shape index (κ2) is 7.04. The Morgan fingerprint density at radius 3 is 3.19 bits per heavy atom. The van der Waals surface area contributed by atoms with Gasteiger partial charge in [-0.15, -0.1) is 0 Å². The molecule has 2 atom stereocenters. The van der Waals surface area contributed by atoms with Gasteiger partial charge in [0.25, 0.3) is 0 Å². The monoisotopic (exact) mass is 292 g/mol. The van der Waals surface area contributed by atoms with Crippen LogP contribution in [-0.2, 0) is 11.3 Å². The van der Waals surface area contributed by atoms with Crippen molar-refractivity contribution >= 4 is 5.91 Å². The van der Waals surface area contributed by atoms with Crippen LogP contribution >= 0.6 is 0 Å². The summed E-state index contributed by atoms with van der Waals surface area (Å²) < 4.78 is 5.02. The van der Waals surface area contributed by atoms with Crippen LogP contribution in [0.4, 0.5) is 0 Å². The molecule has 2 saturated heterocycles. The topological polar surface area (TPSA) is 70.4 Å². The van der Waals surface area contributed by atoms with Gasteiger partial charge in [-0.2, -0.15) is 0 Å². The molecular weight excluding hydrogens is 268 g/mol. The molecule has 6 heteroatoms. The number of carbonyl (C=O) groups excluding carboxylic acids is 1. The zero-order valence-corrected chi connectivity index (χ0v) is 12.4. The Kier molecular flexibility index (Phi) is 4.87. The maximum atomic E-state index is 12.0. The Balaban J connectivity index is 1.42. The van der Waals surface area contributed by atoms with E-state index < -0.39 is 0 Å². The van der Waals surface area contributed by atoms with Gasteiger partial charge >= 0.3 is 0 Å². The van der Waals surface area contributed by atoms with Crippen molar-refractivity contribution in [3.05, 3.63) is 18.4 Å². The second-order valence-corrected chi connectivity index (χ2v) is 6.12. The van der Waals surface area contributed by atoms with E-state index in [0.717, 1.165) is 51.3 Å². The molecule has 0 aliphatic carbocycles. The van der Waals surface area contributed by atoms with Crippen molar-refractivity contribution in [2.75, 3.05) is 26.2 Å². The van der Waals surface area contributed by atoms with Gasteiger partial charge in [0.2, 0.25) is 5.91 Å². The number of hydrogen-bond acceptors (Lipinski definition) is 5. The Hall–Kier alpha value is -1.40. The quantitative estimate of drug-likeness (QED) is 0.838. The van der Waals surface area contributed by atoms with Crippen molar-refractivity contribution in [3.8, 4) is 0 Å². The molecule has 0 radical (unpaired) electrons. The largest absolute Gasteiger partial charge is 0.451 e. The van der Waals surface area contributed by atoms with Gasteiger partial charge in [0.1, 0.15) is 6.26 Å². The highest BCUT2D eigenvalue weighted by atomic mass is 16.3. The summed E-state index contributed by atoms with van der Waals surface area (Å²) in [6.07, 6.45) is 7.62. The third-order valence-electron chi connectivity index (χ3n) is 4.41. The van der Waals surface area contributed by atoms with Gasteiger partial charge in [0.15, 0.2) is 6.39 Å². The lowest BCUT2D eigenvalue weighted by molar-refractivity contribution is -0.123. The van der Waals surface area contributed by atoms with Crippen LogP contribution in [0, 0.1) is 5.92 Å². The van der Waals surface area contributed by atoms with Crippen LogP contribution in [0.2, 0.25) is 0 Å². The first-order valence-corrected chi connectivity index (χ1v) is 7.92. The molecule has 1 aromatic rings. The van der Waals surface area contributed by atoms with E-state index in [1.165, 1.54) is 19.2 Å². The summed E-state index contributed by atoms with van der Waals surface area (Å²) in [7, 11) is 0. The minimum Gasteiger partial charge on any atom is -0.451 e. The van der Waals surface area contributed by atoms with Crippen LogP contribution in [0.3, 0.4) is 0 Å². The fourth-order valence-electron chi connectivity index (χ4n) is 3.28. The summed E-state index contributed by atoms with van der Waals surface area (Å²) in [6.45, 7) is 4.71. The van der Waals surface area contributed by atoms with Gasteiger partial charge in [-0.3, -0.25) is 9.69 Å². The number of nitrogens with zero attached hydrogens (tertiary/aromatic N) is 2. The normalized spacial score (nSPS) is 26.9. The second-order valence-electron chi connectivity index (χ2n) is 6.12. The smallest absolute Gasteiger partial charge is 0.237 e. The van der Waals surface area contributed by atoms with Crippen LogP contribution in [0.1, 0.15) is 31.4 Å². The standard InChI is InChI=1S/C15H24N4O2/c20-15(14-4-1-5-16-14)17-7-12-3-2-6-19(8-12)9-13-10-21-11-18-13/h10-12,14,16H,1-9H2,(H,17,20). The van der Waals surface area contributed by atoms with Crippen LogP contribution in [-0.4, -0.2) is 48.0 Å². The van der Waals surface area contributed by atoms with Crippen LogP contribution in [0.5, 0.6) is 0 Å². The predicted octanol–water partition coefficient (Wildman–Crippen LogP) is 0.755. The first-order chi connectivity index (χ1) is 10.3. The number of rotatable bonds is 5. The minimum absolute atomic E-state index is 0.0276. The van der Waals surface area contributed by atoms with Crippen molar-refractivity contribution < 1.29 is 9.21 Å². The lowest BCUT2D eigenvalue weighted by Crippen LogP contribution is -2.45. The molecule has 2 aliphatic rings. The fourth-order valence-corrected chi connectivity index (χ4v) is 3.28. The Morgan fingerprint density at radius 2 is 2.43 bits per heavy atom. The average Bonchev–Trinajstić information content (AvgIpc) is 3.18. The number of carbonyl (C=O) groups is 1. The van der Waals surface area contributed by atoms with Gasteiger partial charge in [0, 0.05) is 19.6 Å². The highest BCUT2D eigenvalue weighted by molar-refractivity contribution is 5.81. The lowest BCUT2D eigenvalue weighted by Gasteiger charge is -2.32. The zero-order chi connectivity index (χ0) is 14.5. The van der Waals surface area contributed by atoms with E-state index in [0.29, 0.717) is 5.92 Å². The number of piperidine rings is 1. The molecule has 0 saturated carbocycles. The number of likely N-dealkylation sites (tertiary alicyclic amines) is 1. The van der Waals surface area contributed by atoms with Gasteiger partial charge in [-0.25, -0.2) is 4.98 Å². The number of amides is 1. The van der Waals surface area contributed by atoms with Crippen molar-refractivity contribution in [2.45, 2.75) is 38.3 Å². The van der Waals surface area contributed by atoms with Gasteiger partial charge in [0.05, 0.1) is 11.7 Å². The van der Waals surface area contributed by atoms with Crippen molar-refractivity contribution in [1.82, 2.24) is 20.5 Å². The van der Waals surface area contributed by atoms with E-state index in [-0.39, 0.29) is 11.9 Å². The van der Waals surface area contributed by atoms with Gasteiger partial charge < -0.3 is 15.1 Å². The summed E-state index contributed by atoms with van der Waals surface area (Å²) >= 11 is 0. The van der Waals surface area contributed by atoms with E-state index in [1.807, 2.05) is 0 Å². The average molecular weight is 292 g/mol. The van der Waals surface area contributed by atoms with Crippen LogP contribution in [0.25, 0.3) is 0 Å². The molecule has 6 nitrogen and oxygen atoms in total. The van der Waals surface area contributed by atoms with Crippen LogP contribution in [0.15, 0.2) is 17.1 Å².